The van der Waals surface area contributed by atoms with Gasteiger partial charge in [-0.2, -0.15) is 0 Å². The first-order chi connectivity index (χ1) is 11.9. The maximum absolute atomic E-state index is 12.8. The summed E-state index contributed by atoms with van der Waals surface area (Å²) >= 11 is 0. The zero-order valence-electron chi connectivity index (χ0n) is 14.9. The fraction of sp³-hybridized carbons (Fsp3) is 0.333. The van der Waals surface area contributed by atoms with Gasteiger partial charge in [-0.3, -0.25) is 9.59 Å². The minimum absolute atomic E-state index is 0.217. The van der Waals surface area contributed by atoms with Crippen molar-refractivity contribution in [2.45, 2.75) is 39.5 Å². The van der Waals surface area contributed by atoms with E-state index in [-0.39, 0.29) is 11.8 Å². The Hall–Kier alpha value is -2.62. The molecule has 4 heteroatoms. The number of carbonyl (C=O) groups excluding carboxylic acids is 2. The zero-order chi connectivity index (χ0) is 18.0. The molecule has 3 rings (SSSR count). The molecule has 130 valence electrons. The van der Waals surface area contributed by atoms with E-state index in [1.54, 1.807) is 0 Å². The number of anilines is 2. The van der Waals surface area contributed by atoms with Gasteiger partial charge >= 0.3 is 0 Å². The van der Waals surface area contributed by atoms with E-state index < -0.39 is 5.41 Å². The van der Waals surface area contributed by atoms with Crippen molar-refractivity contribution < 1.29 is 9.59 Å². The maximum atomic E-state index is 12.8. The van der Waals surface area contributed by atoms with Gasteiger partial charge in [-0.15, -0.1) is 0 Å². The number of nitrogens with one attached hydrogen (secondary N) is 2. The molecule has 0 atom stereocenters. The Morgan fingerprint density at radius 3 is 2.12 bits per heavy atom. The summed E-state index contributed by atoms with van der Waals surface area (Å²) in [7, 11) is 0. The Morgan fingerprint density at radius 1 is 0.920 bits per heavy atom. The van der Waals surface area contributed by atoms with Crippen LogP contribution in [-0.2, 0) is 9.59 Å². The number of amides is 2. The van der Waals surface area contributed by atoms with E-state index in [1.807, 2.05) is 55.5 Å². The largest absolute Gasteiger partial charge is 0.325 e. The van der Waals surface area contributed by atoms with Crippen LogP contribution in [0.5, 0.6) is 0 Å². The summed E-state index contributed by atoms with van der Waals surface area (Å²) in [5, 5.41) is 5.85. The minimum atomic E-state index is -0.949. The summed E-state index contributed by atoms with van der Waals surface area (Å²) in [6.07, 6.45) is 1.17. The molecular weight excluding hydrogens is 312 g/mol. The molecule has 1 fully saturated rings. The van der Waals surface area contributed by atoms with Crippen LogP contribution >= 0.6 is 0 Å². The Labute approximate surface area is 148 Å². The summed E-state index contributed by atoms with van der Waals surface area (Å²) in [5.74, 6) is -0.144. The predicted molar refractivity (Wildman–Crippen MR) is 101 cm³/mol. The second-order valence-electron chi connectivity index (χ2n) is 7.10. The quantitative estimate of drug-likeness (QED) is 0.791. The zero-order valence-corrected chi connectivity index (χ0v) is 14.9. The molecule has 2 aromatic rings. The van der Waals surface area contributed by atoms with Crippen molar-refractivity contribution in [2.75, 3.05) is 10.6 Å². The number of para-hydroxylation sites is 1. The van der Waals surface area contributed by atoms with Crippen molar-refractivity contribution in [1.82, 2.24) is 0 Å². The summed E-state index contributed by atoms with van der Waals surface area (Å²) in [6, 6.07) is 15.3. The molecule has 4 nitrogen and oxygen atoms in total. The van der Waals surface area contributed by atoms with Gasteiger partial charge < -0.3 is 10.6 Å². The highest BCUT2D eigenvalue weighted by Gasteiger charge is 2.56. The van der Waals surface area contributed by atoms with E-state index in [1.165, 1.54) is 0 Å². The summed E-state index contributed by atoms with van der Waals surface area (Å²) in [6.45, 7) is 6.16. The SMILES string of the molecule is Cc1ccc(NC(=O)C2(C(=O)Nc3ccccc3C(C)C)CC2)cc1. The van der Waals surface area contributed by atoms with Crippen LogP contribution in [0.4, 0.5) is 11.4 Å². The van der Waals surface area contributed by atoms with Crippen molar-refractivity contribution in [3.63, 3.8) is 0 Å². The number of hydrogen-bond acceptors (Lipinski definition) is 2. The highest BCUT2D eigenvalue weighted by Crippen LogP contribution is 2.47. The van der Waals surface area contributed by atoms with Gasteiger partial charge in [0.15, 0.2) is 0 Å². The monoisotopic (exact) mass is 336 g/mol. The fourth-order valence-electron chi connectivity index (χ4n) is 2.93. The molecule has 0 radical (unpaired) electrons. The second-order valence-corrected chi connectivity index (χ2v) is 7.10. The highest BCUT2D eigenvalue weighted by atomic mass is 16.2. The third kappa shape index (κ3) is 3.58. The van der Waals surface area contributed by atoms with E-state index in [0.717, 1.165) is 22.5 Å². The number of hydrogen-bond donors (Lipinski definition) is 2. The van der Waals surface area contributed by atoms with Gasteiger partial charge in [-0.25, -0.2) is 0 Å². The number of benzene rings is 2. The van der Waals surface area contributed by atoms with Crippen molar-refractivity contribution in [1.29, 1.82) is 0 Å². The van der Waals surface area contributed by atoms with Crippen molar-refractivity contribution in [3.05, 3.63) is 59.7 Å². The maximum Gasteiger partial charge on any atom is 0.240 e. The van der Waals surface area contributed by atoms with Crippen LogP contribution in [-0.4, -0.2) is 11.8 Å². The standard InChI is InChI=1S/C21H24N2O2/c1-14(2)17-6-4-5-7-18(17)23-20(25)21(12-13-21)19(24)22-16-10-8-15(3)9-11-16/h4-11,14H,12-13H2,1-3H3,(H,22,24)(H,23,25). The van der Waals surface area contributed by atoms with Crippen molar-refractivity contribution >= 4 is 23.2 Å². The Kier molecular flexibility index (Phi) is 4.62. The molecule has 2 aromatic carbocycles. The van der Waals surface area contributed by atoms with E-state index >= 15 is 0 Å². The first-order valence-electron chi connectivity index (χ1n) is 8.71. The fourth-order valence-corrected chi connectivity index (χ4v) is 2.93. The average molecular weight is 336 g/mol. The van der Waals surface area contributed by atoms with Gasteiger partial charge in [0.1, 0.15) is 5.41 Å². The van der Waals surface area contributed by atoms with Crippen LogP contribution in [0.25, 0.3) is 0 Å². The topological polar surface area (TPSA) is 58.2 Å². The van der Waals surface area contributed by atoms with E-state index in [9.17, 15) is 9.59 Å². The summed E-state index contributed by atoms with van der Waals surface area (Å²) in [4.78, 5) is 25.4. The third-order valence-electron chi connectivity index (χ3n) is 4.76. The molecule has 0 heterocycles. The van der Waals surface area contributed by atoms with Crippen LogP contribution in [0, 0.1) is 12.3 Å². The molecule has 1 aliphatic carbocycles. The summed E-state index contributed by atoms with van der Waals surface area (Å²) < 4.78 is 0. The summed E-state index contributed by atoms with van der Waals surface area (Å²) in [5.41, 5.74) is 2.76. The lowest BCUT2D eigenvalue weighted by Gasteiger charge is -2.18. The number of aryl methyl sites for hydroxylation is 1. The van der Waals surface area contributed by atoms with Crippen LogP contribution in [0.2, 0.25) is 0 Å². The molecular formula is C21H24N2O2. The van der Waals surface area contributed by atoms with Gasteiger partial charge in [-0.1, -0.05) is 49.7 Å². The molecule has 0 bridgehead atoms. The highest BCUT2D eigenvalue weighted by molar-refractivity contribution is 6.17. The molecule has 1 aliphatic rings. The van der Waals surface area contributed by atoms with Gasteiger partial charge in [-0.05, 0) is 49.4 Å². The van der Waals surface area contributed by atoms with E-state index in [2.05, 4.69) is 24.5 Å². The van der Waals surface area contributed by atoms with Gasteiger partial charge in [0, 0.05) is 11.4 Å². The molecule has 2 N–H and O–H groups in total. The van der Waals surface area contributed by atoms with Crippen LogP contribution in [0.15, 0.2) is 48.5 Å². The van der Waals surface area contributed by atoms with Crippen molar-refractivity contribution in [2.24, 2.45) is 5.41 Å². The lowest BCUT2D eigenvalue weighted by atomic mass is 9.99. The Bertz CT molecular complexity index is 790. The third-order valence-corrected chi connectivity index (χ3v) is 4.76. The van der Waals surface area contributed by atoms with Gasteiger partial charge in [0.05, 0.1) is 0 Å². The van der Waals surface area contributed by atoms with Crippen LogP contribution < -0.4 is 10.6 Å². The predicted octanol–water partition coefficient (Wildman–Crippen LogP) is 4.48. The molecule has 0 aromatic heterocycles. The normalized spacial score (nSPS) is 14.9. The van der Waals surface area contributed by atoms with E-state index in [4.69, 9.17) is 0 Å². The Balaban J connectivity index is 1.73. The lowest BCUT2D eigenvalue weighted by Crippen LogP contribution is -2.35. The smallest absolute Gasteiger partial charge is 0.240 e. The molecule has 2 amide bonds. The lowest BCUT2D eigenvalue weighted by molar-refractivity contribution is -0.131. The van der Waals surface area contributed by atoms with Crippen molar-refractivity contribution in [3.8, 4) is 0 Å². The number of rotatable bonds is 5. The van der Waals surface area contributed by atoms with Gasteiger partial charge in [0.2, 0.25) is 11.8 Å². The molecule has 0 aliphatic heterocycles. The molecule has 1 saturated carbocycles. The van der Waals surface area contributed by atoms with Crippen LogP contribution in [0.3, 0.4) is 0 Å². The van der Waals surface area contributed by atoms with Gasteiger partial charge in [0.25, 0.3) is 0 Å². The Morgan fingerprint density at radius 2 is 1.52 bits per heavy atom. The molecule has 0 unspecified atom stereocenters. The molecule has 25 heavy (non-hydrogen) atoms. The molecule has 0 spiro atoms. The average Bonchev–Trinajstić information content (AvgIpc) is 3.39. The minimum Gasteiger partial charge on any atom is -0.325 e. The first kappa shape index (κ1) is 17.2. The molecule has 0 saturated heterocycles. The van der Waals surface area contributed by atoms with E-state index in [0.29, 0.717) is 18.8 Å². The second kappa shape index (κ2) is 6.71. The van der Waals surface area contributed by atoms with Crippen LogP contribution in [0.1, 0.15) is 43.7 Å². The first-order valence-corrected chi connectivity index (χ1v) is 8.71. The number of carbonyl (C=O) groups is 2.